The fourth-order valence-electron chi connectivity index (χ4n) is 1.94. The zero-order chi connectivity index (χ0) is 15.2. The Morgan fingerprint density at radius 2 is 2.10 bits per heavy atom. The van der Waals surface area contributed by atoms with E-state index in [1.165, 1.54) is 18.2 Å². The fraction of sp³-hybridized carbons (Fsp3) is 0.312. The number of rotatable bonds is 6. The maximum atomic E-state index is 13.0. The molecule has 5 heteroatoms. The second kappa shape index (κ2) is 7.38. The second-order valence-corrected chi connectivity index (χ2v) is 5.22. The molecule has 21 heavy (non-hydrogen) atoms. The zero-order valence-corrected chi connectivity index (χ0v) is 12.9. The van der Waals surface area contributed by atoms with Gasteiger partial charge in [-0.25, -0.2) is 9.37 Å². The van der Waals surface area contributed by atoms with Crippen LogP contribution in [0.25, 0.3) is 0 Å². The van der Waals surface area contributed by atoms with Crippen LogP contribution in [0.15, 0.2) is 30.3 Å². The van der Waals surface area contributed by atoms with Crippen LogP contribution in [0.4, 0.5) is 4.39 Å². The van der Waals surface area contributed by atoms with E-state index in [0.29, 0.717) is 11.6 Å². The Morgan fingerprint density at radius 1 is 1.29 bits per heavy atom. The maximum Gasteiger partial charge on any atom is 0.219 e. The number of aromatic nitrogens is 1. The van der Waals surface area contributed by atoms with Gasteiger partial charge in [0.05, 0.1) is 5.02 Å². The third-order valence-corrected chi connectivity index (χ3v) is 3.15. The van der Waals surface area contributed by atoms with Crippen LogP contribution in [0.2, 0.25) is 5.02 Å². The molecule has 0 saturated heterocycles. The summed E-state index contributed by atoms with van der Waals surface area (Å²) < 4.78 is 18.7. The Kier molecular flexibility index (Phi) is 5.53. The van der Waals surface area contributed by atoms with E-state index >= 15 is 0 Å². The highest BCUT2D eigenvalue weighted by atomic mass is 35.5. The molecule has 0 aliphatic heterocycles. The van der Waals surface area contributed by atoms with E-state index in [9.17, 15) is 4.39 Å². The number of halogens is 2. The summed E-state index contributed by atoms with van der Waals surface area (Å²) in [5, 5.41) is 3.56. The molecule has 2 aromatic rings. The fourth-order valence-corrected chi connectivity index (χ4v) is 2.15. The van der Waals surface area contributed by atoms with Crippen molar-refractivity contribution < 1.29 is 9.13 Å². The number of ether oxygens (including phenoxy) is 1. The van der Waals surface area contributed by atoms with Gasteiger partial charge in [-0.1, -0.05) is 18.5 Å². The van der Waals surface area contributed by atoms with Crippen molar-refractivity contribution >= 4 is 11.6 Å². The summed E-state index contributed by atoms with van der Waals surface area (Å²) in [4.78, 5) is 4.32. The van der Waals surface area contributed by atoms with Gasteiger partial charge in [-0.2, -0.15) is 0 Å². The van der Waals surface area contributed by atoms with Gasteiger partial charge in [0, 0.05) is 18.3 Å². The van der Waals surface area contributed by atoms with Crippen LogP contribution in [-0.4, -0.2) is 11.5 Å². The van der Waals surface area contributed by atoms with Crippen molar-refractivity contribution in [1.29, 1.82) is 0 Å². The quantitative estimate of drug-likeness (QED) is 0.799. The van der Waals surface area contributed by atoms with Crippen molar-refractivity contribution in [3.8, 4) is 11.6 Å². The van der Waals surface area contributed by atoms with Crippen LogP contribution < -0.4 is 10.1 Å². The first-order valence-electron chi connectivity index (χ1n) is 6.89. The van der Waals surface area contributed by atoms with Gasteiger partial charge in [-0.3, -0.25) is 0 Å². The zero-order valence-electron chi connectivity index (χ0n) is 12.1. The average Bonchev–Trinajstić information content (AvgIpc) is 2.42. The first-order valence-corrected chi connectivity index (χ1v) is 7.27. The van der Waals surface area contributed by atoms with Crippen LogP contribution in [0.3, 0.4) is 0 Å². The van der Waals surface area contributed by atoms with E-state index in [2.05, 4.69) is 17.2 Å². The summed E-state index contributed by atoms with van der Waals surface area (Å²) >= 11 is 5.96. The molecule has 0 fully saturated rings. The summed E-state index contributed by atoms with van der Waals surface area (Å²) in [5.74, 6) is 0.453. The number of nitrogens with one attached hydrogen (secondary N) is 1. The lowest BCUT2D eigenvalue weighted by Crippen LogP contribution is -2.14. The van der Waals surface area contributed by atoms with Gasteiger partial charge in [0.2, 0.25) is 5.88 Å². The van der Waals surface area contributed by atoms with Gasteiger partial charge in [-0.05, 0) is 49.7 Å². The smallest absolute Gasteiger partial charge is 0.219 e. The highest BCUT2D eigenvalue weighted by molar-refractivity contribution is 6.32. The van der Waals surface area contributed by atoms with Crippen molar-refractivity contribution in [3.05, 3.63) is 52.4 Å². The Hall–Kier alpha value is -1.65. The largest absolute Gasteiger partial charge is 0.437 e. The highest BCUT2D eigenvalue weighted by Crippen LogP contribution is 2.29. The monoisotopic (exact) mass is 308 g/mol. The third kappa shape index (κ3) is 4.69. The molecule has 0 aliphatic carbocycles. The maximum absolute atomic E-state index is 13.0. The molecule has 1 aromatic heterocycles. The van der Waals surface area contributed by atoms with Crippen LogP contribution in [0, 0.1) is 12.7 Å². The standard InChI is InChI=1S/C16H18ClFN2O/c1-3-6-19-10-12-7-11(2)20-16(8-12)21-15-5-4-13(18)9-14(15)17/h4-5,7-9,19H,3,6,10H2,1-2H3. The highest BCUT2D eigenvalue weighted by Gasteiger charge is 2.07. The lowest BCUT2D eigenvalue weighted by atomic mass is 10.2. The number of nitrogens with zero attached hydrogens (tertiary/aromatic N) is 1. The average molecular weight is 309 g/mol. The predicted octanol–water partition coefficient (Wildman–Crippen LogP) is 4.47. The summed E-state index contributed by atoms with van der Waals surface area (Å²) in [6.45, 7) is 5.74. The van der Waals surface area contributed by atoms with Crippen molar-refractivity contribution in [1.82, 2.24) is 10.3 Å². The summed E-state index contributed by atoms with van der Waals surface area (Å²) in [5.41, 5.74) is 1.95. The molecule has 0 saturated carbocycles. The van der Waals surface area contributed by atoms with Gasteiger partial charge < -0.3 is 10.1 Å². The Morgan fingerprint density at radius 3 is 2.81 bits per heavy atom. The minimum absolute atomic E-state index is 0.226. The number of hydrogen-bond acceptors (Lipinski definition) is 3. The second-order valence-electron chi connectivity index (χ2n) is 4.81. The van der Waals surface area contributed by atoms with E-state index in [4.69, 9.17) is 16.3 Å². The molecule has 0 bridgehead atoms. The molecule has 1 N–H and O–H groups in total. The lowest BCUT2D eigenvalue weighted by molar-refractivity contribution is 0.459. The SMILES string of the molecule is CCCNCc1cc(C)nc(Oc2ccc(F)cc2Cl)c1. The van der Waals surface area contributed by atoms with E-state index in [-0.39, 0.29) is 5.02 Å². The van der Waals surface area contributed by atoms with Gasteiger partial charge in [-0.15, -0.1) is 0 Å². The molecule has 0 amide bonds. The predicted molar refractivity (Wildman–Crippen MR) is 82.5 cm³/mol. The Bertz CT molecular complexity index is 619. The number of benzene rings is 1. The van der Waals surface area contributed by atoms with Gasteiger partial charge in [0.25, 0.3) is 0 Å². The van der Waals surface area contributed by atoms with Crippen molar-refractivity contribution in [2.24, 2.45) is 0 Å². The van der Waals surface area contributed by atoms with Gasteiger partial charge in [0.1, 0.15) is 11.6 Å². The van der Waals surface area contributed by atoms with Crippen molar-refractivity contribution in [2.75, 3.05) is 6.54 Å². The van der Waals surface area contributed by atoms with Gasteiger partial charge >= 0.3 is 0 Å². The third-order valence-electron chi connectivity index (χ3n) is 2.85. The van der Waals surface area contributed by atoms with E-state index < -0.39 is 5.82 Å². The lowest BCUT2D eigenvalue weighted by Gasteiger charge is -2.10. The van der Waals surface area contributed by atoms with Crippen LogP contribution in [-0.2, 0) is 6.54 Å². The number of hydrogen-bond donors (Lipinski definition) is 1. The molecular weight excluding hydrogens is 291 g/mol. The molecule has 3 nitrogen and oxygen atoms in total. The van der Waals surface area contributed by atoms with E-state index in [1.807, 2.05) is 19.1 Å². The number of aryl methyl sites for hydroxylation is 1. The molecule has 0 aliphatic rings. The normalized spacial score (nSPS) is 10.7. The Labute approximate surface area is 129 Å². The molecular formula is C16H18ClFN2O. The van der Waals surface area contributed by atoms with Crippen LogP contribution >= 0.6 is 11.6 Å². The van der Waals surface area contributed by atoms with Crippen molar-refractivity contribution in [3.63, 3.8) is 0 Å². The molecule has 0 unspecified atom stereocenters. The Balaban J connectivity index is 2.15. The molecule has 0 radical (unpaired) electrons. The topological polar surface area (TPSA) is 34.2 Å². The molecule has 0 atom stereocenters. The molecule has 0 spiro atoms. The van der Waals surface area contributed by atoms with Gasteiger partial charge in [0.15, 0.2) is 0 Å². The van der Waals surface area contributed by atoms with Crippen molar-refractivity contribution in [2.45, 2.75) is 26.8 Å². The van der Waals surface area contributed by atoms with E-state index in [1.54, 1.807) is 0 Å². The molecule has 112 valence electrons. The minimum Gasteiger partial charge on any atom is -0.437 e. The molecule has 2 rings (SSSR count). The minimum atomic E-state index is -0.394. The number of pyridine rings is 1. The van der Waals surface area contributed by atoms with E-state index in [0.717, 1.165) is 30.8 Å². The first kappa shape index (κ1) is 15.7. The van der Waals surface area contributed by atoms with Crippen LogP contribution in [0.5, 0.6) is 11.6 Å². The summed E-state index contributed by atoms with van der Waals surface area (Å²) in [6, 6.07) is 7.88. The summed E-state index contributed by atoms with van der Waals surface area (Å²) in [6.07, 6.45) is 1.08. The summed E-state index contributed by atoms with van der Waals surface area (Å²) in [7, 11) is 0. The molecule has 1 heterocycles. The first-order chi connectivity index (χ1) is 10.1. The van der Waals surface area contributed by atoms with Crippen LogP contribution in [0.1, 0.15) is 24.6 Å². The molecule has 1 aromatic carbocycles.